The first-order valence-electron chi connectivity index (χ1n) is 12.0. The number of piperidine rings is 2. The number of hydrogen-bond donors (Lipinski definition) is 2. The molecule has 2 saturated carbocycles. The van der Waals surface area contributed by atoms with Gasteiger partial charge in [0.2, 0.25) is 0 Å². The lowest BCUT2D eigenvalue weighted by molar-refractivity contribution is -0.257. The Hall–Kier alpha value is -1.63. The van der Waals surface area contributed by atoms with Crippen LogP contribution >= 0.6 is 0 Å². The fourth-order valence-electron chi connectivity index (χ4n) is 8.14. The van der Waals surface area contributed by atoms with Crippen LogP contribution in [0.5, 0.6) is 5.75 Å². The average Bonchev–Trinajstić information content (AvgIpc) is 3.48. The van der Waals surface area contributed by atoms with E-state index in [2.05, 4.69) is 11.8 Å². The van der Waals surface area contributed by atoms with E-state index >= 15 is 0 Å². The Labute approximate surface area is 183 Å². The molecule has 3 aliphatic heterocycles. The van der Waals surface area contributed by atoms with Crippen molar-refractivity contribution in [2.75, 3.05) is 13.1 Å². The van der Waals surface area contributed by atoms with Gasteiger partial charge in [-0.2, -0.15) is 0 Å². The third-order valence-corrected chi connectivity index (χ3v) is 9.01. The Morgan fingerprint density at radius 2 is 2.00 bits per heavy atom. The van der Waals surface area contributed by atoms with Gasteiger partial charge in [-0.3, -0.25) is 9.69 Å². The number of esters is 1. The zero-order chi connectivity index (χ0) is 21.4. The molecule has 3 saturated heterocycles. The normalized spacial score (nSPS) is 45.4. The Balaban J connectivity index is 1.25. The number of epoxide rings is 1. The first kappa shape index (κ1) is 20.0. The van der Waals surface area contributed by atoms with Crippen LogP contribution in [0.4, 0.5) is 0 Å². The van der Waals surface area contributed by atoms with Gasteiger partial charge >= 0.3 is 5.97 Å². The molecule has 6 heteroatoms. The summed E-state index contributed by atoms with van der Waals surface area (Å²) >= 11 is 0. The molecule has 0 amide bonds. The van der Waals surface area contributed by atoms with E-state index in [-0.39, 0.29) is 35.4 Å². The number of rotatable bonds is 4. The number of ether oxygens (including phenoxy) is 2. The topological polar surface area (TPSA) is 82.5 Å². The number of carbonyl (C=O) groups is 1. The number of aromatic hydroxyl groups is 1. The molecule has 5 aliphatic rings. The molecule has 2 bridgehead atoms. The summed E-state index contributed by atoms with van der Waals surface area (Å²) in [5, 5.41) is 21.4. The Morgan fingerprint density at radius 1 is 1.19 bits per heavy atom. The third kappa shape index (κ3) is 2.64. The maximum Gasteiger partial charge on any atom is 0.306 e. The van der Waals surface area contributed by atoms with Crippen molar-refractivity contribution in [3.8, 4) is 5.75 Å². The van der Waals surface area contributed by atoms with E-state index in [4.69, 9.17) is 9.47 Å². The molecular weight excluding hydrogens is 394 g/mol. The first-order valence-corrected chi connectivity index (χ1v) is 12.0. The minimum absolute atomic E-state index is 0.160. The van der Waals surface area contributed by atoms with Gasteiger partial charge in [0.05, 0.1) is 11.6 Å². The number of nitrogens with zero attached hydrogens (tertiary/aromatic N) is 1. The molecule has 6 rings (SSSR count). The summed E-state index contributed by atoms with van der Waals surface area (Å²) in [7, 11) is 0. The van der Waals surface area contributed by atoms with E-state index in [1.54, 1.807) is 12.1 Å². The van der Waals surface area contributed by atoms with Crippen LogP contribution in [0.15, 0.2) is 24.3 Å². The van der Waals surface area contributed by atoms with Crippen LogP contribution < -0.4 is 0 Å². The summed E-state index contributed by atoms with van der Waals surface area (Å²) < 4.78 is 12.6. The molecule has 6 nitrogen and oxygen atoms in total. The van der Waals surface area contributed by atoms with Crippen molar-refractivity contribution >= 4 is 5.97 Å². The van der Waals surface area contributed by atoms with Gasteiger partial charge in [-0.15, -0.1) is 0 Å². The van der Waals surface area contributed by atoms with Crippen molar-refractivity contribution in [3.63, 3.8) is 0 Å². The second kappa shape index (κ2) is 6.69. The van der Waals surface area contributed by atoms with Crippen molar-refractivity contribution in [2.24, 2.45) is 11.8 Å². The highest BCUT2D eigenvalue weighted by Crippen LogP contribution is 2.72. The quantitative estimate of drug-likeness (QED) is 0.568. The highest BCUT2D eigenvalue weighted by molar-refractivity contribution is 5.70. The Bertz CT molecular complexity index is 888. The highest BCUT2D eigenvalue weighted by Gasteiger charge is 2.86. The number of phenolic OH excluding ortho intramolecular Hbond substituents is 1. The lowest BCUT2D eigenvalue weighted by Crippen LogP contribution is -2.82. The first-order chi connectivity index (χ1) is 14.9. The molecule has 2 aliphatic carbocycles. The second-order valence-electron chi connectivity index (χ2n) is 10.7. The van der Waals surface area contributed by atoms with Crippen molar-refractivity contribution in [1.29, 1.82) is 0 Å². The van der Waals surface area contributed by atoms with Crippen LogP contribution in [0.2, 0.25) is 0 Å². The maximum absolute atomic E-state index is 12.9. The number of carbonyl (C=O) groups excluding carboxylic acids is 1. The Kier molecular flexibility index (Phi) is 4.32. The third-order valence-electron chi connectivity index (χ3n) is 9.01. The van der Waals surface area contributed by atoms with Crippen LogP contribution in [0.3, 0.4) is 0 Å². The van der Waals surface area contributed by atoms with Gasteiger partial charge in [0.15, 0.2) is 0 Å². The molecule has 0 unspecified atom stereocenters. The molecule has 0 aromatic heterocycles. The van der Waals surface area contributed by atoms with Crippen LogP contribution in [-0.2, 0) is 20.7 Å². The van der Waals surface area contributed by atoms with E-state index < -0.39 is 11.2 Å². The summed E-state index contributed by atoms with van der Waals surface area (Å²) in [6, 6.07) is 6.96. The van der Waals surface area contributed by atoms with Crippen LogP contribution in [0, 0.1) is 11.8 Å². The molecule has 5 fully saturated rings. The molecule has 1 aromatic rings. The molecule has 2 N–H and O–H groups in total. The van der Waals surface area contributed by atoms with Gasteiger partial charge in [0, 0.05) is 25.3 Å². The summed E-state index contributed by atoms with van der Waals surface area (Å²) in [6.45, 7) is 4.33. The van der Waals surface area contributed by atoms with E-state index in [1.165, 1.54) is 0 Å². The fraction of sp³-hybridized carbons (Fsp3) is 0.720. The van der Waals surface area contributed by atoms with E-state index in [9.17, 15) is 15.0 Å². The van der Waals surface area contributed by atoms with Gasteiger partial charge in [0.25, 0.3) is 0 Å². The molecule has 1 aromatic carbocycles. The Morgan fingerprint density at radius 3 is 2.81 bits per heavy atom. The molecular formula is C25H33NO5. The average molecular weight is 428 g/mol. The van der Waals surface area contributed by atoms with Crippen molar-refractivity contribution < 1.29 is 24.5 Å². The molecule has 2 spiro atoms. The SMILES string of the molecule is C[C@@H]1C[C@@]2(O)C[C@H](OC(=O)CCc3ccc(O)cc3)[C@@H]3CCCN4CC[C@H]5O[C@@]52[C@]34C1. The fourth-order valence-corrected chi connectivity index (χ4v) is 8.14. The predicted molar refractivity (Wildman–Crippen MR) is 114 cm³/mol. The summed E-state index contributed by atoms with van der Waals surface area (Å²) in [6.07, 6.45) is 6.21. The second-order valence-corrected chi connectivity index (χ2v) is 10.7. The standard InChI is InChI=1S/C25H33NO5/c1-16-13-23(29)15-20(30-22(28)9-6-17-4-7-18(27)8-5-17)19-3-2-11-26-12-10-21-25(23,31-21)24(19,26)14-16/h4-5,7-8,16,19-21,27,29H,2-3,6,9-15H2,1H3/t16-,19+,20+,21-,23-,24+,25+/m1/s1. The van der Waals surface area contributed by atoms with Gasteiger partial charge in [0.1, 0.15) is 23.1 Å². The number of aryl methyl sites for hydroxylation is 1. The van der Waals surface area contributed by atoms with E-state index in [1.807, 2.05) is 12.1 Å². The van der Waals surface area contributed by atoms with Gasteiger partial charge < -0.3 is 19.7 Å². The number of aliphatic hydroxyl groups is 1. The largest absolute Gasteiger partial charge is 0.508 e. The number of benzene rings is 1. The van der Waals surface area contributed by atoms with Gasteiger partial charge in [-0.1, -0.05) is 19.1 Å². The van der Waals surface area contributed by atoms with E-state index in [0.717, 1.165) is 50.8 Å². The summed E-state index contributed by atoms with van der Waals surface area (Å²) in [4.78, 5) is 15.4. The summed E-state index contributed by atoms with van der Waals surface area (Å²) in [5.74, 6) is 0.701. The predicted octanol–water partition coefficient (Wildman–Crippen LogP) is 2.79. The molecule has 31 heavy (non-hydrogen) atoms. The van der Waals surface area contributed by atoms with Crippen LogP contribution in [0.25, 0.3) is 0 Å². The minimum Gasteiger partial charge on any atom is -0.508 e. The van der Waals surface area contributed by atoms with Crippen molar-refractivity contribution in [2.45, 2.75) is 87.2 Å². The highest BCUT2D eigenvalue weighted by atomic mass is 16.6. The number of phenols is 1. The zero-order valence-corrected chi connectivity index (χ0v) is 18.3. The molecule has 7 atom stereocenters. The van der Waals surface area contributed by atoms with Crippen LogP contribution in [0.1, 0.15) is 57.4 Å². The molecule has 3 heterocycles. The summed E-state index contributed by atoms with van der Waals surface area (Å²) in [5.41, 5.74) is -0.555. The number of hydrogen-bond acceptors (Lipinski definition) is 6. The monoisotopic (exact) mass is 427 g/mol. The smallest absolute Gasteiger partial charge is 0.306 e. The lowest BCUT2D eigenvalue weighted by Gasteiger charge is -2.68. The van der Waals surface area contributed by atoms with Crippen molar-refractivity contribution in [3.05, 3.63) is 29.8 Å². The molecule has 0 radical (unpaired) electrons. The van der Waals surface area contributed by atoms with Crippen molar-refractivity contribution in [1.82, 2.24) is 4.90 Å². The van der Waals surface area contributed by atoms with Gasteiger partial charge in [-0.05, 0) is 68.7 Å². The van der Waals surface area contributed by atoms with Gasteiger partial charge in [-0.25, -0.2) is 0 Å². The molecule has 168 valence electrons. The van der Waals surface area contributed by atoms with Crippen LogP contribution in [-0.4, -0.2) is 63.1 Å². The maximum atomic E-state index is 12.9. The van der Waals surface area contributed by atoms with E-state index in [0.29, 0.717) is 25.2 Å². The zero-order valence-electron chi connectivity index (χ0n) is 18.3. The lowest BCUT2D eigenvalue weighted by atomic mass is 9.46. The minimum atomic E-state index is -0.913.